The molecule has 0 aromatic heterocycles. The topological polar surface area (TPSA) is 23.5 Å². The minimum atomic E-state index is 0.535. The molecule has 0 atom stereocenters. The maximum absolute atomic E-state index is 8.96. The standard InChI is InChI=1S/C10H12Cl3NO/c1-14(15)4-2-3-8-9(12)5-7(11)6-10(8)13/h5-6,15H,2-4H2,1H3. The van der Waals surface area contributed by atoms with Crippen molar-refractivity contribution in [2.45, 2.75) is 12.8 Å². The first-order valence-corrected chi connectivity index (χ1v) is 5.67. The molecule has 0 spiro atoms. The summed E-state index contributed by atoms with van der Waals surface area (Å²) in [6.45, 7) is 0.579. The van der Waals surface area contributed by atoms with Gasteiger partial charge in [0, 0.05) is 28.7 Å². The van der Waals surface area contributed by atoms with E-state index in [1.807, 2.05) is 0 Å². The average Bonchev–Trinajstić information content (AvgIpc) is 2.08. The van der Waals surface area contributed by atoms with Crippen LogP contribution in [-0.2, 0) is 6.42 Å². The third kappa shape index (κ3) is 4.17. The molecule has 2 nitrogen and oxygen atoms in total. The molecule has 0 amide bonds. The highest BCUT2D eigenvalue weighted by molar-refractivity contribution is 6.39. The van der Waals surface area contributed by atoms with Gasteiger partial charge in [-0.25, -0.2) is 0 Å². The van der Waals surface area contributed by atoms with Crippen LogP contribution in [0.3, 0.4) is 0 Å². The summed E-state index contributed by atoms with van der Waals surface area (Å²) in [5.41, 5.74) is 0.879. The van der Waals surface area contributed by atoms with Gasteiger partial charge in [-0.1, -0.05) is 34.8 Å². The Bertz CT molecular complexity index is 318. The number of rotatable bonds is 4. The minimum absolute atomic E-state index is 0.535. The van der Waals surface area contributed by atoms with E-state index in [1.165, 1.54) is 0 Å². The summed E-state index contributed by atoms with van der Waals surface area (Å²) < 4.78 is 0. The van der Waals surface area contributed by atoms with E-state index < -0.39 is 0 Å². The van der Waals surface area contributed by atoms with Crippen LogP contribution < -0.4 is 0 Å². The predicted molar refractivity (Wildman–Crippen MR) is 64.2 cm³/mol. The SMILES string of the molecule is CN(O)CCCc1c(Cl)cc(Cl)cc1Cl. The van der Waals surface area contributed by atoms with E-state index in [2.05, 4.69) is 0 Å². The number of hydrogen-bond donors (Lipinski definition) is 1. The van der Waals surface area contributed by atoms with Gasteiger partial charge in [0.15, 0.2) is 0 Å². The van der Waals surface area contributed by atoms with Gasteiger partial charge < -0.3 is 5.21 Å². The number of halogens is 3. The second-order valence-corrected chi connectivity index (χ2v) is 4.58. The molecule has 84 valence electrons. The van der Waals surface area contributed by atoms with Gasteiger partial charge in [-0.05, 0) is 30.5 Å². The van der Waals surface area contributed by atoms with E-state index >= 15 is 0 Å². The fraction of sp³-hybridized carbons (Fsp3) is 0.400. The molecule has 0 aliphatic rings. The molecule has 0 unspecified atom stereocenters. The molecule has 0 aliphatic heterocycles. The van der Waals surface area contributed by atoms with E-state index in [-0.39, 0.29) is 0 Å². The van der Waals surface area contributed by atoms with Crippen molar-refractivity contribution in [1.82, 2.24) is 5.06 Å². The Kier molecular flexibility index (Phi) is 5.16. The molecule has 0 fully saturated rings. The third-order valence-corrected chi connectivity index (χ3v) is 2.91. The fourth-order valence-electron chi connectivity index (χ4n) is 1.30. The van der Waals surface area contributed by atoms with Crippen LogP contribution >= 0.6 is 34.8 Å². The molecule has 1 N–H and O–H groups in total. The zero-order valence-electron chi connectivity index (χ0n) is 8.30. The Morgan fingerprint density at radius 1 is 1.20 bits per heavy atom. The largest absolute Gasteiger partial charge is 0.314 e. The molecule has 0 saturated heterocycles. The number of hydrogen-bond acceptors (Lipinski definition) is 2. The lowest BCUT2D eigenvalue weighted by molar-refractivity contribution is -0.0651. The second kappa shape index (κ2) is 5.92. The Morgan fingerprint density at radius 3 is 2.20 bits per heavy atom. The molecule has 0 saturated carbocycles. The van der Waals surface area contributed by atoms with Gasteiger partial charge in [0.2, 0.25) is 0 Å². The minimum Gasteiger partial charge on any atom is -0.314 e. The highest BCUT2D eigenvalue weighted by Gasteiger charge is 2.07. The first-order valence-electron chi connectivity index (χ1n) is 4.54. The molecular weight excluding hydrogens is 256 g/mol. The molecule has 0 bridgehead atoms. The summed E-state index contributed by atoms with van der Waals surface area (Å²) in [6, 6.07) is 3.35. The Morgan fingerprint density at radius 2 is 1.73 bits per heavy atom. The van der Waals surface area contributed by atoms with Crippen molar-refractivity contribution >= 4 is 34.8 Å². The first kappa shape index (κ1) is 13.1. The summed E-state index contributed by atoms with van der Waals surface area (Å²) in [6.07, 6.45) is 1.51. The van der Waals surface area contributed by atoms with E-state index in [0.29, 0.717) is 21.6 Å². The number of benzene rings is 1. The van der Waals surface area contributed by atoms with Crippen LogP contribution in [-0.4, -0.2) is 23.9 Å². The van der Waals surface area contributed by atoms with Crippen LogP contribution in [0.2, 0.25) is 15.1 Å². The smallest absolute Gasteiger partial charge is 0.0467 e. The van der Waals surface area contributed by atoms with Crippen molar-refractivity contribution in [3.8, 4) is 0 Å². The van der Waals surface area contributed by atoms with Gasteiger partial charge in [0.1, 0.15) is 0 Å². The highest BCUT2D eigenvalue weighted by Crippen LogP contribution is 2.29. The van der Waals surface area contributed by atoms with Gasteiger partial charge in [0.05, 0.1) is 0 Å². The van der Waals surface area contributed by atoms with Gasteiger partial charge >= 0.3 is 0 Å². The van der Waals surface area contributed by atoms with Crippen molar-refractivity contribution in [3.05, 3.63) is 32.8 Å². The summed E-state index contributed by atoms with van der Waals surface area (Å²) in [4.78, 5) is 0. The van der Waals surface area contributed by atoms with Crippen molar-refractivity contribution in [2.24, 2.45) is 0 Å². The summed E-state index contributed by atoms with van der Waals surface area (Å²) in [5.74, 6) is 0. The Balaban J connectivity index is 2.68. The molecule has 0 heterocycles. The summed E-state index contributed by atoms with van der Waals surface area (Å²) in [7, 11) is 1.60. The molecular formula is C10H12Cl3NO. The van der Waals surface area contributed by atoms with Crippen LogP contribution in [0.5, 0.6) is 0 Å². The monoisotopic (exact) mass is 267 g/mol. The Labute approximate surface area is 104 Å². The van der Waals surface area contributed by atoms with Crippen LogP contribution in [0.25, 0.3) is 0 Å². The molecule has 1 aromatic carbocycles. The van der Waals surface area contributed by atoms with Crippen molar-refractivity contribution in [1.29, 1.82) is 0 Å². The number of nitrogens with zero attached hydrogens (tertiary/aromatic N) is 1. The van der Waals surface area contributed by atoms with Gasteiger partial charge in [0.25, 0.3) is 0 Å². The lowest BCUT2D eigenvalue weighted by Gasteiger charge is -2.10. The molecule has 0 aliphatic carbocycles. The lowest BCUT2D eigenvalue weighted by Crippen LogP contribution is -2.14. The molecule has 0 radical (unpaired) electrons. The first-order chi connectivity index (χ1) is 7.00. The van der Waals surface area contributed by atoms with Gasteiger partial charge in [-0.15, -0.1) is 0 Å². The van der Waals surface area contributed by atoms with Crippen molar-refractivity contribution in [2.75, 3.05) is 13.6 Å². The lowest BCUT2D eigenvalue weighted by atomic mass is 10.1. The maximum atomic E-state index is 8.96. The second-order valence-electron chi connectivity index (χ2n) is 3.33. The quantitative estimate of drug-likeness (QED) is 0.837. The zero-order valence-corrected chi connectivity index (χ0v) is 10.6. The summed E-state index contributed by atoms with van der Waals surface area (Å²) >= 11 is 17.8. The summed E-state index contributed by atoms with van der Waals surface area (Å²) in [5, 5.41) is 11.8. The van der Waals surface area contributed by atoms with Crippen molar-refractivity contribution < 1.29 is 5.21 Å². The maximum Gasteiger partial charge on any atom is 0.0467 e. The third-order valence-electron chi connectivity index (χ3n) is 2.01. The number of hydroxylamine groups is 2. The molecule has 15 heavy (non-hydrogen) atoms. The molecule has 1 rings (SSSR count). The van der Waals surface area contributed by atoms with Crippen LogP contribution in [0.1, 0.15) is 12.0 Å². The van der Waals surface area contributed by atoms with Crippen LogP contribution in [0, 0.1) is 0 Å². The predicted octanol–water partition coefficient (Wildman–Crippen LogP) is 3.90. The fourth-order valence-corrected chi connectivity index (χ4v) is 2.30. The molecule has 5 heteroatoms. The van der Waals surface area contributed by atoms with E-state index in [4.69, 9.17) is 40.0 Å². The van der Waals surface area contributed by atoms with Gasteiger partial charge in [-0.3, -0.25) is 0 Å². The van der Waals surface area contributed by atoms with Crippen molar-refractivity contribution in [3.63, 3.8) is 0 Å². The zero-order chi connectivity index (χ0) is 11.4. The van der Waals surface area contributed by atoms with Crippen LogP contribution in [0.4, 0.5) is 0 Å². The Hall–Kier alpha value is 0.01000. The van der Waals surface area contributed by atoms with E-state index in [9.17, 15) is 0 Å². The highest BCUT2D eigenvalue weighted by atomic mass is 35.5. The van der Waals surface area contributed by atoms with Gasteiger partial charge in [-0.2, -0.15) is 5.06 Å². The normalized spacial score (nSPS) is 11.1. The molecule has 1 aromatic rings. The van der Waals surface area contributed by atoms with E-state index in [0.717, 1.165) is 23.5 Å². The van der Waals surface area contributed by atoms with Crippen LogP contribution in [0.15, 0.2) is 12.1 Å². The van der Waals surface area contributed by atoms with E-state index in [1.54, 1.807) is 19.2 Å². The average molecular weight is 269 g/mol.